The third-order valence-corrected chi connectivity index (χ3v) is 5.81. The largest absolute Gasteiger partial charge is 0.547 e. The summed E-state index contributed by atoms with van der Waals surface area (Å²) in [4.78, 5) is 29.4. The van der Waals surface area contributed by atoms with Crippen LogP contribution in [0.2, 0.25) is 0 Å². The molecule has 30 heavy (non-hydrogen) atoms. The molecule has 0 unspecified atom stereocenters. The summed E-state index contributed by atoms with van der Waals surface area (Å²) in [5.74, 6) is -0.552. The van der Waals surface area contributed by atoms with Crippen LogP contribution in [-0.4, -0.2) is 32.5 Å². The molecule has 0 saturated heterocycles. The summed E-state index contributed by atoms with van der Waals surface area (Å²) in [6, 6.07) is 6.84. The molecular weight excluding hydrogens is 392 g/mol. The number of hydrogen-bond donors (Lipinski definition) is 2. The molecule has 2 N–H and O–H groups in total. The van der Waals surface area contributed by atoms with Gasteiger partial charge in [-0.2, -0.15) is 0 Å². The van der Waals surface area contributed by atoms with Gasteiger partial charge in [-0.05, 0) is 24.6 Å². The van der Waals surface area contributed by atoms with Crippen molar-refractivity contribution in [2.45, 2.75) is 32.1 Å². The van der Waals surface area contributed by atoms with E-state index in [2.05, 4.69) is 4.98 Å². The SMILES string of the molecule is CC[C@@](O)(C(=O)[O-])c1cc2n(c(=O)c1CO)Cc1cc3cc4c(cc3nc1-2)OCO4. The highest BCUT2D eigenvalue weighted by molar-refractivity contribution is 5.87. The van der Waals surface area contributed by atoms with E-state index in [0.29, 0.717) is 28.4 Å². The van der Waals surface area contributed by atoms with Gasteiger partial charge in [-0.1, -0.05) is 6.92 Å². The number of aliphatic hydroxyl groups is 2. The highest BCUT2D eigenvalue weighted by Crippen LogP contribution is 2.39. The molecule has 9 heteroatoms. The third-order valence-electron chi connectivity index (χ3n) is 5.81. The minimum atomic E-state index is -2.40. The number of hydrogen-bond acceptors (Lipinski definition) is 8. The van der Waals surface area contributed by atoms with Crippen molar-refractivity contribution in [2.24, 2.45) is 0 Å². The average Bonchev–Trinajstić information content (AvgIpc) is 3.33. The van der Waals surface area contributed by atoms with Crippen molar-refractivity contribution in [1.29, 1.82) is 0 Å². The summed E-state index contributed by atoms with van der Waals surface area (Å²) in [6.07, 6.45) is -0.229. The van der Waals surface area contributed by atoms with Crippen molar-refractivity contribution >= 4 is 16.9 Å². The Balaban J connectivity index is 1.77. The van der Waals surface area contributed by atoms with Crippen molar-refractivity contribution in [3.8, 4) is 22.9 Å². The number of aliphatic carboxylic acids is 1. The fourth-order valence-corrected chi connectivity index (χ4v) is 4.13. The second kappa shape index (κ2) is 6.28. The Hall–Kier alpha value is -3.43. The van der Waals surface area contributed by atoms with Crippen molar-refractivity contribution in [3.63, 3.8) is 0 Å². The fourth-order valence-electron chi connectivity index (χ4n) is 4.13. The summed E-state index contributed by atoms with van der Waals surface area (Å²) in [7, 11) is 0. The number of carbonyl (C=O) groups excluding carboxylic acids is 1. The second-order valence-electron chi connectivity index (χ2n) is 7.37. The Bertz CT molecular complexity index is 1300. The van der Waals surface area contributed by atoms with E-state index >= 15 is 0 Å². The number of carboxylic acid groups (broad SMARTS) is 1. The Labute approximate surface area is 169 Å². The quantitative estimate of drug-likeness (QED) is 0.481. The van der Waals surface area contributed by atoms with Crippen molar-refractivity contribution < 1.29 is 29.6 Å². The third kappa shape index (κ3) is 2.39. The normalized spacial score (nSPS) is 15.7. The lowest BCUT2D eigenvalue weighted by Crippen LogP contribution is -2.47. The second-order valence-corrected chi connectivity index (χ2v) is 7.37. The van der Waals surface area contributed by atoms with Crippen LogP contribution < -0.4 is 20.1 Å². The van der Waals surface area contributed by atoms with Crippen LogP contribution in [0.3, 0.4) is 0 Å². The molecule has 4 heterocycles. The van der Waals surface area contributed by atoms with E-state index in [1.54, 1.807) is 6.07 Å². The number of aliphatic hydroxyl groups excluding tert-OH is 1. The molecule has 0 aliphatic carbocycles. The van der Waals surface area contributed by atoms with E-state index in [-0.39, 0.29) is 30.9 Å². The van der Waals surface area contributed by atoms with E-state index in [9.17, 15) is 24.9 Å². The number of ether oxygens (including phenoxy) is 2. The molecule has 9 nitrogen and oxygen atoms in total. The van der Waals surface area contributed by atoms with Crippen molar-refractivity contribution in [2.75, 3.05) is 6.79 Å². The standard InChI is InChI=1S/C21H18N2O7/c1-2-21(28,20(26)27)13-5-15-18-11(7-23(15)19(25)12(13)8-24)3-10-4-16-17(30-9-29-16)6-14(10)22-18/h3-6,24,28H,2,7-9H2,1H3,(H,26,27)/p-1/t21-/m0/s1. The number of aromatic nitrogens is 2. The van der Waals surface area contributed by atoms with Gasteiger partial charge in [-0.3, -0.25) is 4.79 Å². The molecule has 0 saturated carbocycles. The molecule has 0 bridgehead atoms. The van der Waals surface area contributed by atoms with Gasteiger partial charge in [0, 0.05) is 28.1 Å². The first kappa shape index (κ1) is 18.6. The molecule has 1 aromatic carbocycles. The Kier molecular flexibility index (Phi) is 3.89. The number of pyridine rings is 2. The number of fused-ring (bicyclic) bond motifs is 5. The van der Waals surface area contributed by atoms with Gasteiger partial charge in [0.15, 0.2) is 11.5 Å². The van der Waals surface area contributed by atoms with Crippen LogP contribution in [0.25, 0.3) is 22.3 Å². The summed E-state index contributed by atoms with van der Waals surface area (Å²) >= 11 is 0. The molecule has 0 fully saturated rings. The van der Waals surface area contributed by atoms with Gasteiger partial charge in [-0.25, -0.2) is 4.98 Å². The lowest BCUT2D eigenvalue weighted by atomic mass is 9.87. The fraction of sp³-hybridized carbons (Fsp3) is 0.286. The summed E-state index contributed by atoms with van der Waals surface area (Å²) in [6.45, 7) is 1.10. The minimum absolute atomic E-state index is 0.135. The molecule has 154 valence electrons. The van der Waals surface area contributed by atoms with E-state index in [0.717, 1.165) is 10.9 Å². The van der Waals surface area contributed by atoms with Gasteiger partial charge < -0.3 is 34.2 Å². The highest BCUT2D eigenvalue weighted by Gasteiger charge is 2.35. The van der Waals surface area contributed by atoms with Crippen LogP contribution in [0, 0.1) is 0 Å². The molecule has 2 aliphatic heterocycles. The van der Waals surface area contributed by atoms with E-state index in [1.807, 2.05) is 12.1 Å². The van der Waals surface area contributed by atoms with Crippen LogP contribution in [0.1, 0.15) is 30.0 Å². The average molecular weight is 409 g/mol. The molecule has 0 radical (unpaired) electrons. The van der Waals surface area contributed by atoms with Crippen LogP contribution in [0.15, 0.2) is 29.1 Å². The zero-order valence-electron chi connectivity index (χ0n) is 16.0. The first-order chi connectivity index (χ1) is 14.4. The Morgan fingerprint density at radius 3 is 2.67 bits per heavy atom. The van der Waals surface area contributed by atoms with Gasteiger partial charge in [0.1, 0.15) is 5.60 Å². The monoisotopic (exact) mass is 409 g/mol. The lowest BCUT2D eigenvalue weighted by molar-refractivity contribution is -0.326. The van der Waals surface area contributed by atoms with E-state index in [1.165, 1.54) is 17.6 Å². The topological polar surface area (TPSA) is 134 Å². The maximum Gasteiger partial charge on any atom is 0.257 e. The first-order valence-electron chi connectivity index (χ1n) is 9.43. The maximum atomic E-state index is 13.0. The zero-order valence-corrected chi connectivity index (χ0v) is 16.0. The number of nitrogens with zero attached hydrogens (tertiary/aromatic N) is 2. The maximum absolute atomic E-state index is 13.0. The smallest absolute Gasteiger partial charge is 0.257 e. The predicted molar refractivity (Wildman–Crippen MR) is 102 cm³/mol. The van der Waals surface area contributed by atoms with E-state index in [4.69, 9.17) is 9.47 Å². The summed E-state index contributed by atoms with van der Waals surface area (Å²) in [5, 5.41) is 32.9. The van der Waals surface area contributed by atoms with Gasteiger partial charge in [-0.15, -0.1) is 0 Å². The van der Waals surface area contributed by atoms with Gasteiger partial charge >= 0.3 is 0 Å². The number of carboxylic acids is 1. The summed E-state index contributed by atoms with van der Waals surface area (Å²) < 4.78 is 12.2. The van der Waals surface area contributed by atoms with Crippen molar-refractivity contribution in [1.82, 2.24) is 9.55 Å². The van der Waals surface area contributed by atoms with Crippen LogP contribution in [-0.2, 0) is 23.5 Å². The predicted octanol–water partition coefficient (Wildman–Crippen LogP) is -0.00630. The molecule has 2 aliphatic rings. The van der Waals surface area contributed by atoms with Gasteiger partial charge in [0.05, 0.1) is 36.0 Å². The zero-order chi connectivity index (χ0) is 21.2. The van der Waals surface area contributed by atoms with Gasteiger partial charge in [0.25, 0.3) is 5.56 Å². The van der Waals surface area contributed by atoms with Crippen LogP contribution in [0.5, 0.6) is 11.5 Å². The lowest BCUT2D eigenvalue weighted by Gasteiger charge is -2.30. The summed E-state index contributed by atoms with van der Waals surface area (Å²) in [5.41, 5.74) is -1.08. The number of carbonyl (C=O) groups is 1. The number of benzene rings is 1. The highest BCUT2D eigenvalue weighted by atomic mass is 16.7. The molecule has 0 amide bonds. The van der Waals surface area contributed by atoms with E-state index < -0.39 is 23.7 Å². The molecular formula is C21H17N2O7-. The molecule has 2 aromatic heterocycles. The number of rotatable bonds is 4. The van der Waals surface area contributed by atoms with Crippen LogP contribution in [0.4, 0.5) is 0 Å². The Morgan fingerprint density at radius 2 is 2.00 bits per heavy atom. The van der Waals surface area contributed by atoms with Crippen molar-refractivity contribution in [3.05, 3.63) is 51.3 Å². The molecule has 0 spiro atoms. The van der Waals surface area contributed by atoms with Crippen LogP contribution >= 0.6 is 0 Å². The molecule has 1 atom stereocenters. The molecule has 5 rings (SSSR count). The molecule has 3 aromatic rings. The Morgan fingerprint density at radius 1 is 1.27 bits per heavy atom. The van der Waals surface area contributed by atoms with Gasteiger partial charge in [0.2, 0.25) is 6.79 Å². The first-order valence-corrected chi connectivity index (χ1v) is 9.43. The minimum Gasteiger partial charge on any atom is -0.547 e.